The number of carbonyl (C=O) groups is 2. The molecule has 4 aromatic rings. The highest BCUT2D eigenvalue weighted by molar-refractivity contribution is 5.97. The summed E-state index contributed by atoms with van der Waals surface area (Å²) in [6, 6.07) is 10.3. The highest BCUT2D eigenvalue weighted by atomic mass is 19.1. The maximum Gasteiger partial charge on any atom is 0.274 e. The Morgan fingerprint density at radius 2 is 2.00 bits per heavy atom. The van der Waals surface area contributed by atoms with Crippen molar-refractivity contribution in [1.29, 1.82) is 0 Å². The topological polar surface area (TPSA) is 106 Å². The number of fused-ring (bicyclic) bond motifs is 4. The van der Waals surface area contributed by atoms with Gasteiger partial charge in [-0.3, -0.25) is 14.0 Å². The van der Waals surface area contributed by atoms with Crippen LogP contribution in [0.15, 0.2) is 42.6 Å². The molecule has 3 N–H and O–H groups in total. The van der Waals surface area contributed by atoms with E-state index >= 15 is 0 Å². The van der Waals surface area contributed by atoms with Gasteiger partial charge in [-0.15, -0.1) is 0 Å². The molecule has 3 heterocycles. The molecule has 31 heavy (non-hydrogen) atoms. The smallest absolute Gasteiger partial charge is 0.274 e. The van der Waals surface area contributed by atoms with Crippen LogP contribution in [0, 0.1) is 5.82 Å². The summed E-state index contributed by atoms with van der Waals surface area (Å²) >= 11 is 0. The Morgan fingerprint density at radius 3 is 2.81 bits per heavy atom. The lowest BCUT2D eigenvalue weighted by Gasteiger charge is -2.28. The largest absolute Gasteiger partial charge is 0.369 e. The number of aromatic nitrogens is 3. The lowest BCUT2D eigenvalue weighted by atomic mass is 9.98. The predicted molar refractivity (Wildman–Crippen MR) is 114 cm³/mol. The van der Waals surface area contributed by atoms with E-state index in [9.17, 15) is 14.0 Å². The van der Waals surface area contributed by atoms with Crippen LogP contribution in [0.2, 0.25) is 0 Å². The Bertz CT molecular complexity index is 1380. The van der Waals surface area contributed by atoms with E-state index in [4.69, 9.17) is 5.73 Å². The number of amides is 2. The van der Waals surface area contributed by atoms with E-state index < -0.39 is 5.82 Å². The Kier molecular flexibility index (Phi) is 4.32. The first-order valence-corrected chi connectivity index (χ1v) is 9.82. The third-order valence-electron chi connectivity index (χ3n) is 5.45. The van der Waals surface area contributed by atoms with Gasteiger partial charge < -0.3 is 16.0 Å². The fourth-order valence-electron chi connectivity index (χ4n) is 4.00. The molecular weight excluding hydrogens is 399 g/mol. The van der Waals surface area contributed by atoms with E-state index in [-0.39, 0.29) is 29.0 Å². The number of nitrogen functional groups attached to an aromatic ring is 1. The van der Waals surface area contributed by atoms with Crippen molar-refractivity contribution in [3.8, 4) is 0 Å². The van der Waals surface area contributed by atoms with Gasteiger partial charge in [-0.2, -0.15) is 0 Å². The monoisotopic (exact) mass is 418 g/mol. The van der Waals surface area contributed by atoms with E-state index in [0.29, 0.717) is 30.5 Å². The molecule has 156 valence electrons. The number of carbonyl (C=O) groups excluding carboxylic acids is 2. The Labute approximate surface area is 176 Å². The summed E-state index contributed by atoms with van der Waals surface area (Å²) in [7, 11) is 0. The highest BCUT2D eigenvalue weighted by Gasteiger charge is 2.25. The van der Waals surface area contributed by atoms with Crippen molar-refractivity contribution in [1.82, 2.24) is 19.3 Å². The van der Waals surface area contributed by atoms with Gasteiger partial charge >= 0.3 is 0 Å². The molecule has 5 rings (SSSR count). The summed E-state index contributed by atoms with van der Waals surface area (Å²) in [4.78, 5) is 34.7. The van der Waals surface area contributed by atoms with Crippen LogP contribution in [0.3, 0.4) is 0 Å². The van der Waals surface area contributed by atoms with Crippen LogP contribution in [0.4, 0.5) is 16.0 Å². The molecule has 9 heteroatoms. The summed E-state index contributed by atoms with van der Waals surface area (Å²) in [6.45, 7) is 2.42. The number of nitrogens with zero attached hydrogens (tertiary/aromatic N) is 4. The number of nitrogens with one attached hydrogen (secondary N) is 1. The summed E-state index contributed by atoms with van der Waals surface area (Å²) in [5.41, 5.74) is 9.59. The van der Waals surface area contributed by atoms with E-state index in [2.05, 4.69) is 15.3 Å². The Balaban J connectivity index is 1.47. The summed E-state index contributed by atoms with van der Waals surface area (Å²) in [6.07, 6.45) is 2.21. The lowest BCUT2D eigenvalue weighted by molar-refractivity contribution is -0.114. The lowest BCUT2D eigenvalue weighted by Crippen LogP contribution is -2.36. The minimum atomic E-state index is -0.492. The van der Waals surface area contributed by atoms with Gasteiger partial charge in [0, 0.05) is 37.3 Å². The first kappa shape index (κ1) is 19.0. The maximum absolute atomic E-state index is 14.1. The molecule has 2 aromatic heterocycles. The number of rotatable bonds is 2. The van der Waals surface area contributed by atoms with E-state index in [1.165, 1.54) is 17.4 Å². The number of nitrogens with two attached hydrogens (primary N) is 1. The first-order chi connectivity index (χ1) is 14.9. The number of halogens is 1. The van der Waals surface area contributed by atoms with Gasteiger partial charge in [0.25, 0.3) is 5.91 Å². The average molecular weight is 418 g/mol. The zero-order chi connectivity index (χ0) is 21.7. The van der Waals surface area contributed by atoms with Crippen LogP contribution in [-0.4, -0.2) is 37.6 Å². The van der Waals surface area contributed by atoms with Crippen molar-refractivity contribution in [3.05, 3.63) is 65.2 Å². The highest BCUT2D eigenvalue weighted by Crippen LogP contribution is 2.26. The number of benzene rings is 2. The number of para-hydroxylation sites is 1. The van der Waals surface area contributed by atoms with Crippen LogP contribution in [0.5, 0.6) is 0 Å². The minimum Gasteiger partial charge on any atom is -0.369 e. The number of hydrogen-bond donors (Lipinski definition) is 2. The molecule has 0 spiro atoms. The second kappa shape index (κ2) is 7.05. The number of anilines is 2. The van der Waals surface area contributed by atoms with Crippen molar-refractivity contribution in [2.24, 2.45) is 0 Å². The van der Waals surface area contributed by atoms with E-state index in [1.54, 1.807) is 23.2 Å². The van der Waals surface area contributed by atoms with Crippen molar-refractivity contribution in [3.63, 3.8) is 0 Å². The quantitative estimate of drug-likeness (QED) is 0.521. The summed E-state index contributed by atoms with van der Waals surface area (Å²) in [5.74, 6) is -0.785. The fourth-order valence-corrected chi connectivity index (χ4v) is 4.00. The standard InChI is InChI=1S/C22H19FN6O2/c1-12(30)25-15-6-5-14-10-28(8-7-13(14)9-15)21(31)18-11-29-20(26-18)16-3-2-4-17(23)19(16)27-22(29)24/h2-6,9,11H,7-8,10H2,1H3,(H2,24,27)(H,25,30). The zero-order valence-electron chi connectivity index (χ0n) is 16.7. The molecule has 8 nitrogen and oxygen atoms in total. The molecule has 0 saturated heterocycles. The molecule has 0 atom stereocenters. The van der Waals surface area contributed by atoms with Gasteiger partial charge in [0.15, 0.2) is 0 Å². The van der Waals surface area contributed by atoms with Crippen molar-refractivity contribution < 1.29 is 14.0 Å². The Hall–Kier alpha value is -4.01. The third kappa shape index (κ3) is 3.24. The predicted octanol–water partition coefficient (Wildman–Crippen LogP) is 2.76. The molecule has 2 aromatic carbocycles. The molecule has 1 aliphatic rings. The van der Waals surface area contributed by atoms with Gasteiger partial charge in [-0.1, -0.05) is 12.1 Å². The molecule has 0 unspecified atom stereocenters. The second-order valence-corrected chi connectivity index (χ2v) is 7.57. The number of hydrogen-bond acceptors (Lipinski definition) is 5. The van der Waals surface area contributed by atoms with Crippen LogP contribution in [-0.2, 0) is 17.8 Å². The first-order valence-electron chi connectivity index (χ1n) is 9.82. The average Bonchev–Trinajstić information content (AvgIpc) is 3.20. The molecule has 1 aliphatic heterocycles. The third-order valence-corrected chi connectivity index (χ3v) is 5.45. The second-order valence-electron chi connectivity index (χ2n) is 7.57. The molecule has 0 bridgehead atoms. The normalized spacial score (nSPS) is 13.4. The van der Waals surface area contributed by atoms with Crippen LogP contribution in [0.25, 0.3) is 16.6 Å². The van der Waals surface area contributed by atoms with Gasteiger partial charge in [0.05, 0.1) is 0 Å². The number of imidazole rings is 1. The van der Waals surface area contributed by atoms with Gasteiger partial charge in [0.2, 0.25) is 11.9 Å². The van der Waals surface area contributed by atoms with Crippen molar-refractivity contribution >= 4 is 40.0 Å². The van der Waals surface area contributed by atoms with E-state index in [1.807, 2.05) is 18.2 Å². The zero-order valence-corrected chi connectivity index (χ0v) is 16.7. The maximum atomic E-state index is 14.1. The van der Waals surface area contributed by atoms with Crippen LogP contribution >= 0.6 is 0 Å². The molecular formula is C22H19FN6O2. The van der Waals surface area contributed by atoms with Crippen molar-refractivity contribution in [2.75, 3.05) is 17.6 Å². The Morgan fingerprint density at radius 1 is 1.16 bits per heavy atom. The van der Waals surface area contributed by atoms with Crippen molar-refractivity contribution in [2.45, 2.75) is 19.9 Å². The van der Waals surface area contributed by atoms with Crippen LogP contribution in [0.1, 0.15) is 28.5 Å². The fraction of sp³-hybridized carbons (Fsp3) is 0.182. The molecule has 0 radical (unpaired) electrons. The summed E-state index contributed by atoms with van der Waals surface area (Å²) in [5, 5.41) is 3.27. The van der Waals surface area contributed by atoms with Gasteiger partial charge in [-0.05, 0) is 41.8 Å². The SMILES string of the molecule is CC(=O)Nc1ccc2c(c1)CCN(C(=O)c1cn3c(N)nc4c(F)cccc4c3n1)C2. The molecule has 0 aliphatic carbocycles. The van der Waals surface area contributed by atoms with Gasteiger partial charge in [0.1, 0.15) is 22.7 Å². The van der Waals surface area contributed by atoms with E-state index in [0.717, 1.165) is 16.8 Å². The van der Waals surface area contributed by atoms with Crippen LogP contribution < -0.4 is 11.1 Å². The molecule has 2 amide bonds. The summed E-state index contributed by atoms with van der Waals surface area (Å²) < 4.78 is 15.6. The molecule has 0 fully saturated rings. The van der Waals surface area contributed by atoms with Gasteiger partial charge in [-0.25, -0.2) is 14.4 Å². The minimum absolute atomic E-state index is 0.0636. The molecule has 0 saturated carbocycles.